The summed E-state index contributed by atoms with van der Waals surface area (Å²) in [7, 11) is 1.78. The summed E-state index contributed by atoms with van der Waals surface area (Å²) in [5.41, 5.74) is 5.70. The molecule has 1 unspecified atom stereocenters. The number of fused-ring (bicyclic) bond motifs is 1. The van der Waals surface area contributed by atoms with Crippen molar-refractivity contribution < 1.29 is 18.4 Å². The molecular formula is C14H19F2N5O2S. The number of nitrogens with zero attached hydrogens (tertiary/aromatic N) is 2. The maximum Gasteiger partial charge on any atom is 0.277 e. The SMILES string of the molecule is Cc1nn(C)c2sc(C(=O)NC(C)C(=O)NCC(F)(F)CN)cc12. The van der Waals surface area contributed by atoms with Crippen LogP contribution in [0.4, 0.5) is 8.78 Å². The maximum atomic E-state index is 13.0. The van der Waals surface area contributed by atoms with Crippen molar-refractivity contribution in [3.05, 3.63) is 16.6 Å². The average molecular weight is 359 g/mol. The Balaban J connectivity index is 1.99. The fraction of sp³-hybridized carbons (Fsp3) is 0.500. The number of nitrogens with two attached hydrogens (primary N) is 1. The standard InChI is InChI=1S/C14H19F2N5O2S/c1-7-9-4-10(24-13(9)21(3)20-7)12(23)19-8(2)11(22)18-6-14(15,16)5-17/h4,8H,5-6,17H2,1-3H3,(H,18,22)(H,19,23). The second kappa shape index (κ2) is 6.81. The smallest absolute Gasteiger partial charge is 0.277 e. The van der Waals surface area contributed by atoms with Crippen molar-refractivity contribution in [3.8, 4) is 0 Å². The number of rotatable bonds is 6. The number of thiophene rings is 1. The highest BCUT2D eigenvalue weighted by Crippen LogP contribution is 2.27. The van der Waals surface area contributed by atoms with Crippen LogP contribution in [0, 0.1) is 6.92 Å². The third kappa shape index (κ3) is 3.88. The first-order valence-corrected chi connectivity index (χ1v) is 8.06. The van der Waals surface area contributed by atoms with E-state index >= 15 is 0 Å². The van der Waals surface area contributed by atoms with Gasteiger partial charge in [-0.15, -0.1) is 11.3 Å². The minimum absolute atomic E-state index is 0.424. The zero-order valence-electron chi connectivity index (χ0n) is 13.5. The highest BCUT2D eigenvalue weighted by atomic mass is 32.1. The maximum absolute atomic E-state index is 13.0. The molecule has 0 aromatic carbocycles. The summed E-state index contributed by atoms with van der Waals surface area (Å²) in [5, 5.41) is 9.68. The molecule has 0 saturated heterocycles. The molecular weight excluding hydrogens is 340 g/mol. The van der Waals surface area contributed by atoms with Crippen LogP contribution in [0.3, 0.4) is 0 Å². The third-order valence-electron chi connectivity index (χ3n) is 3.48. The van der Waals surface area contributed by atoms with Gasteiger partial charge in [0, 0.05) is 12.4 Å². The van der Waals surface area contributed by atoms with E-state index in [2.05, 4.69) is 15.7 Å². The minimum Gasteiger partial charge on any atom is -0.348 e. The molecule has 4 N–H and O–H groups in total. The van der Waals surface area contributed by atoms with E-state index in [1.165, 1.54) is 18.3 Å². The van der Waals surface area contributed by atoms with Gasteiger partial charge in [0.25, 0.3) is 11.8 Å². The van der Waals surface area contributed by atoms with Gasteiger partial charge in [-0.1, -0.05) is 0 Å². The number of halogens is 2. The van der Waals surface area contributed by atoms with Gasteiger partial charge in [-0.05, 0) is 19.9 Å². The summed E-state index contributed by atoms with van der Waals surface area (Å²) >= 11 is 1.25. The highest BCUT2D eigenvalue weighted by molar-refractivity contribution is 7.20. The summed E-state index contributed by atoms with van der Waals surface area (Å²) in [6, 6.07) is 0.751. The number of amides is 2. The second-order valence-corrected chi connectivity index (χ2v) is 6.54. The van der Waals surface area contributed by atoms with Crippen molar-refractivity contribution in [3.63, 3.8) is 0 Å². The Bertz CT molecular complexity index is 736. The van der Waals surface area contributed by atoms with Crippen LogP contribution < -0.4 is 16.4 Å². The number of carbonyl (C=O) groups is 2. The quantitative estimate of drug-likeness (QED) is 0.709. The minimum atomic E-state index is -3.17. The van der Waals surface area contributed by atoms with Crippen LogP contribution in [0.15, 0.2) is 6.07 Å². The molecule has 132 valence electrons. The van der Waals surface area contributed by atoms with E-state index in [-0.39, 0.29) is 0 Å². The lowest BCUT2D eigenvalue weighted by atomic mass is 10.2. The molecule has 0 saturated carbocycles. The lowest BCUT2D eigenvalue weighted by molar-refractivity contribution is -0.124. The molecule has 24 heavy (non-hydrogen) atoms. The van der Waals surface area contributed by atoms with Crippen molar-refractivity contribution in [1.82, 2.24) is 20.4 Å². The molecule has 0 bridgehead atoms. The number of hydrogen-bond acceptors (Lipinski definition) is 5. The topological polar surface area (TPSA) is 102 Å². The molecule has 0 aliphatic heterocycles. The van der Waals surface area contributed by atoms with E-state index in [1.54, 1.807) is 17.8 Å². The molecule has 7 nitrogen and oxygen atoms in total. The van der Waals surface area contributed by atoms with Crippen molar-refractivity contribution >= 4 is 33.4 Å². The zero-order valence-corrected chi connectivity index (χ0v) is 14.3. The monoisotopic (exact) mass is 359 g/mol. The fourth-order valence-corrected chi connectivity index (χ4v) is 3.12. The largest absolute Gasteiger partial charge is 0.348 e. The Morgan fingerprint density at radius 2 is 2.17 bits per heavy atom. The predicted molar refractivity (Wildman–Crippen MR) is 87.3 cm³/mol. The van der Waals surface area contributed by atoms with Crippen LogP contribution in [-0.2, 0) is 11.8 Å². The Hall–Kier alpha value is -2.07. The first-order chi connectivity index (χ1) is 11.1. The highest BCUT2D eigenvalue weighted by Gasteiger charge is 2.28. The summed E-state index contributed by atoms with van der Waals surface area (Å²) in [6.45, 7) is 1.54. The Morgan fingerprint density at radius 3 is 2.75 bits per heavy atom. The summed E-state index contributed by atoms with van der Waals surface area (Å²) in [6.07, 6.45) is 0. The van der Waals surface area contributed by atoms with E-state index in [4.69, 9.17) is 5.73 Å². The first-order valence-electron chi connectivity index (χ1n) is 7.24. The summed E-state index contributed by atoms with van der Waals surface area (Å²) in [5.74, 6) is -4.31. The molecule has 1 atom stereocenters. The normalized spacial score (nSPS) is 13.1. The molecule has 10 heteroatoms. The number of hydrogen-bond donors (Lipinski definition) is 3. The van der Waals surface area contributed by atoms with Gasteiger partial charge < -0.3 is 16.4 Å². The van der Waals surface area contributed by atoms with Gasteiger partial charge in [0.15, 0.2) is 0 Å². The Morgan fingerprint density at radius 1 is 1.50 bits per heavy atom. The number of aryl methyl sites for hydroxylation is 2. The van der Waals surface area contributed by atoms with Gasteiger partial charge in [-0.25, -0.2) is 8.78 Å². The van der Waals surface area contributed by atoms with E-state index in [1.807, 2.05) is 6.92 Å². The molecule has 2 amide bonds. The molecule has 2 rings (SSSR count). The lowest BCUT2D eigenvalue weighted by Crippen LogP contribution is -2.49. The molecule has 0 radical (unpaired) electrons. The van der Waals surface area contributed by atoms with Crippen LogP contribution >= 0.6 is 11.3 Å². The molecule has 0 aliphatic rings. The van der Waals surface area contributed by atoms with Crippen molar-refractivity contribution in [2.75, 3.05) is 13.1 Å². The molecule has 2 heterocycles. The van der Waals surface area contributed by atoms with Crippen molar-refractivity contribution in [1.29, 1.82) is 0 Å². The molecule has 0 spiro atoms. The van der Waals surface area contributed by atoms with Crippen LogP contribution in [0.2, 0.25) is 0 Å². The van der Waals surface area contributed by atoms with Gasteiger partial charge in [0.2, 0.25) is 5.91 Å². The van der Waals surface area contributed by atoms with Crippen molar-refractivity contribution in [2.45, 2.75) is 25.8 Å². The Kier molecular flexibility index (Phi) is 5.19. The molecule has 0 fully saturated rings. The first kappa shape index (κ1) is 18.3. The van der Waals surface area contributed by atoms with Crippen LogP contribution in [0.5, 0.6) is 0 Å². The molecule has 2 aromatic rings. The summed E-state index contributed by atoms with van der Waals surface area (Å²) < 4.78 is 27.7. The Labute approximate surface area is 141 Å². The van der Waals surface area contributed by atoms with Gasteiger partial charge in [-0.2, -0.15) is 5.10 Å². The number of aromatic nitrogens is 2. The van der Waals surface area contributed by atoms with Gasteiger partial charge in [-0.3, -0.25) is 14.3 Å². The molecule has 0 aliphatic carbocycles. The van der Waals surface area contributed by atoms with Crippen molar-refractivity contribution in [2.24, 2.45) is 12.8 Å². The van der Waals surface area contributed by atoms with E-state index in [0.717, 1.165) is 15.9 Å². The number of carbonyl (C=O) groups excluding carboxylic acids is 2. The van der Waals surface area contributed by atoms with Crippen LogP contribution in [-0.4, -0.2) is 46.6 Å². The predicted octanol–water partition coefficient (Wildman–Crippen LogP) is 0.772. The molecule has 2 aromatic heterocycles. The van der Waals surface area contributed by atoms with E-state index in [0.29, 0.717) is 4.88 Å². The summed E-state index contributed by atoms with van der Waals surface area (Å²) in [4.78, 5) is 25.3. The van der Waals surface area contributed by atoms with E-state index in [9.17, 15) is 18.4 Å². The number of alkyl halides is 2. The van der Waals surface area contributed by atoms with E-state index < -0.39 is 36.9 Å². The second-order valence-electron chi connectivity index (χ2n) is 5.51. The number of nitrogens with one attached hydrogen (secondary N) is 2. The third-order valence-corrected chi connectivity index (χ3v) is 4.68. The van der Waals surface area contributed by atoms with Gasteiger partial charge in [0.1, 0.15) is 10.9 Å². The zero-order chi connectivity index (χ0) is 18.1. The van der Waals surface area contributed by atoms with Gasteiger partial charge >= 0.3 is 0 Å². The van der Waals surface area contributed by atoms with Crippen LogP contribution in [0.25, 0.3) is 10.2 Å². The average Bonchev–Trinajstić information content (AvgIpc) is 3.07. The fourth-order valence-electron chi connectivity index (χ4n) is 2.09. The lowest BCUT2D eigenvalue weighted by Gasteiger charge is -2.17. The van der Waals surface area contributed by atoms with Crippen LogP contribution in [0.1, 0.15) is 22.3 Å². The van der Waals surface area contributed by atoms with Gasteiger partial charge in [0.05, 0.1) is 23.7 Å².